The van der Waals surface area contributed by atoms with Crippen molar-refractivity contribution in [1.82, 2.24) is 34.8 Å². The molecule has 1 saturated heterocycles. The summed E-state index contributed by atoms with van der Waals surface area (Å²) in [5.41, 5.74) is -0.0948. The third kappa shape index (κ3) is 3.31. The van der Waals surface area contributed by atoms with Crippen LogP contribution in [0.5, 0.6) is 0 Å². The number of carbonyl (C=O) groups is 1. The Morgan fingerprint density at radius 3 is 2.58 bits per heavy atom. The molecule has 10 heteroatoms. The van der Waals surface area contributed by atoms with Gasteiger partial charge in [-0.25, -0.2) is 14.6 Å². The molecule has 9 nitrogen and oxygen atoms in total. The van der Waals surface area contributed by atoms with Crippen molar-refractivity contribution in [3.63, 3.8) is 0 Å². The molecule has 0 atom stereocenters. The SMILES string of the molecule is Cl.O=C(Nc1cnn(-c2ncccn2)c1)C1(n2cccn2)CCNCC1. The summed E-state index contributed by atoms with van der Waals surface area (Å²) in [6, 6.07) is 3.57. The maximum absolute atomic E-state index is 13.1. The Morgan fingerprint density at radius 1 is 1.12 bits per heavy atom. The van der Waals surface area contributed by atoms with Gasteiger partial charge in [-0.05, 0) is 38.1 Å². The van der Waals surface area contributed by atoms with E-state index in [9.17, 15) is 4.79 Å². The molecule has 26 heavy (non-hydrogen) atoms. The summed E-state index contributed by atoms with van der Waals surface area (Å²) in [6.07, 6.45) is 11.5. The van der Waals surface area contributed by atoms with E-state index in [0.29, 0.717) is 24.5 Å². The number of rotatable bonds is 4. The first-order chi connectivity index (χ1) is 12.3. The number of piperidine rings is 1. The van der Waals surface area contributed by atoms with Gasteiger partial charge in [0, 0.05) is 24.8 Å². The summed E-state index contributed by atoms with van der Waals surface area (Å²) in [4.78, 5) is 21.3. The van der Waals surface area contributed by atoms with Gasteiger partial charge in [-0.2, -0.15) is 10.2 Å². The molecule has 3 aromatic heterocycles. The van der Waals surface area contributed by atoms with Crippen LogP contribution in [0.1, 0.15) is 12.8 Å². The molecule has 2 N–H and O–H groups in total. The fourth-order valence-corrected chi connectivity index (χ4v) is 3.08. The van der Waals surface area contributed by atoms with Crippen molar-refractivity contribution in [3.8, 4) is 5.95 Å². The highest BCUT2D eigenvalue weighted by molar-refractivity contribution is 5.96. The summed E-state index contributed by atoms with van der Waals surface area (Å²) in [6.45, 7) is 1.54. The largest absolute Gasteiger partial charge is 0.321 e. The molecular formula is C16H19ClN8O. The molecule has 0 bridgehead atoms. The van der Waals surface area contributed by atoms with Crippen LogP contribution in [0.3, 0.4) is 0 Å². The average molecular weight is 375 g/mol. The zero-order valence-corrected chi connectivity index (χ0v) is 14.8. The number of carbonyl (C=O) groups excluding carboxylic acids is 1. The van der Waals surface area contributed by atoms with Crippen molar-refractivity contribution in [3.05, 3.63) is 49.3 Å². The molecule has 1 aliphatic rings. The Morgan fingerprint density at radius 2 is 1.88 bits per heavy atom. The quantitative estimate of drug-likeness (QED) is 0.706. The minimum absolute atomic E-state index is 0. The Balaban J connectivity index is 0.00000196. The van der Waals surface area contributed by atoms with Crippen molar-refractivity contribution in [1.29, 1.82) is 0 Å². The Bertz CT molecular complexity index is 842. The van der Waals surface area contributed by atoms with E-state index >= 15 is 0 Å². The molecule has 0 saturated carbocycles. The fraction of sp³-hybridized carbons (Fsp3) is 0.312. The first-order valence-electron chi connectivity index (χ1n) is 8.12. The summed E-state index contributed by atoms with van der Waals surface area (Å²) in [5, 5.41) is 14.8. The van der Waals surface area contributed by atoms with Crippen molar-refractivity contribution in [2.75, 3.05) is 18.4 Å². The predicted octanol–water partition coefficient (Wildman–Crippen LogP) is 0.998. The van der Waals surface area contributed by atoms with Crippen LogP contribution < -0.4 is 10.6 Å². The number of halogens is 1. The molecular weight excluding hydrogens is 356 g/mol. The van der Waals surface area contributed by atoms with Gasteiger partial charge in [0.05, 0.1) is 18.1 Å². The molecule has 0 aliphatic carbocycles. The third-order valence-electron chi connectivity index (χ3n) is 4.39. The highest BCUT2D eigenvalue weighted by atomic mass is 35.5. The Hall–Kier alpha value is -2.78. The average Bonchev–Trinajstić information content (AvgIpc) is 3.35. The fourth-order valence-electron chi connectivity index (χ4n) is 3.08. The number of amides is 1. The number of nitrogens with zero attached hydrogens (tertiary/aromatic N) is 6. The lowest BCUT2D eigenvalue weighted by molar-refractivity contribution is -0.126. The zero-order valence-electron chi connectivity index (χ0n) is 13.9. The second kappa shape index (κ2) is 7.63. The van der Waals surface area contributed by atoms with Crippen LogP contribution in [0.2, 0.25) is 0 Å². The summed E-state index contributed by atoms with van der Waals surface area (Å²) >= 11 is 0. The van der Waals surface area contributed by atoms with E-state index in [1.807, 2.05) is 12.3 Å². The lowest BCUT2D eigenvalue weighted by Crippen LogP contribution is -2.52. The molecule has 0 radical (unpaired) electrons. The van der Waals surface area contributed by atoms with Gasteiger partial charge in [0.1, 0.15) is 5.54 Å². The molecule has 0 spiro atoms. The van der Waals surface area contributed by atoms with Crippen molar-refractivity contribution in [2.24, 2.45) is 0 Å². The van der Waals surface area contributed by atoms with Gasteiger partial charge in [-0.1, -0.05) is 0 Å². The van der Waals surface area contributed by atoms with Crippen LogP contribution in [-0.4, -0.2) is 48.5 Å². The molecule has 136 valence electrons. The first kappa shape index (κ1) is 18.0. The van der Waals surface area contributed by atoms with Gasteiger partial charge in [0.2, 0.25) is 5.95 Å². The molecule has 1 aliphatic heterocycles. The van der Waals surface area contributed by atoms with E-state index in [-0.39, 0.29) is 18.3 Å². The van der Waals surface area contributed by atoms with Crippen LogP contribution in [0.15, 0.2) is 49.3 Å². The second-order valence-corrected chi connectivity index (χ2v) is 5.91. The van der Waals surface area contributed by atoms with Gasteiger partial charge >= 0.3 is 0 Å². The third-order valence-corrected chi connectivity index (χ3v) is 4.39. The highest BCUT2D eigenvalue weighted by Gasteiger charge is 2.42. The zero-order chi connectivity index (χ0) is 17.1. The predicted molar refractivity (Wildman–Crippen MR) is 97.3 cm³/mol. The van der Waals surface area contributed by atoms with E-state index in [2.05, 4.69) is 30.8 Å². The van der Waals surface area contributed by atoms with Crippen molar-refractivity contribution in [2.45, 2.75) is 18.4 Å². The smallest absolute Gasteiger partial charge is 0.252 e. The van der Waals surface area contributed by atoms with E-state index in [4.69, 9.17) is 0 Å². The maximum Gasteiger partial charge on any atom is 0.252 e. The molecule has 0 aromatic carbocycles. The second-order valence-electron chi connectivity index (χ2n) is 5.91. The standard InChI is InChI=1S/C16H18N8O.ClH/c25-14(16(3-8-17-9-4-16)24-10-2-7-20-24)22-13-11-21-23(12-13)15-18-5-1-6-19-15;/h1-2,5-7,10-12,17H,3-4,8-9H2,(H,22,25);1H. The summed E-state index contributed by atoms with van der Waals surface area (Å²) in [7, 11) is 0. The normalized spacial score (nSPS) is 15.8. The highest BCUT2D eigenvalue weighted by Crippen LogP contribution is 2.28. The van der Waals surface area contributed by atoms with Crippen LogP contribution in [-0.2, 0) is 10.3 Å². The number of aromatic nitrogens is 6. The van der Waals surface area contributed by atoms with Crippen LogP contribution >= 0.6 is 12.4 Å². The van der Waals surface area contributed by atoms with Gasteiger partial charge in [0.15, 0.2) is 0 Å². The topological polar surface area (TPSA) is 103 Å². The lowest BCUT2D eigenvalue weighted by atomic mass is 9.87. The van der Waals surface area contributed by atoms with Crippen molar-refractivity contribution >= 4 is 24.0 Å². The molecule has 4 heterocycles. The molecule has 3 aromatic rings. The molecule has 1 fully saturated rings. The van der Waals surface area contributed by atoms with Gasteiger partial charge in [-0.15, -0.1) is 12.4 Å². The van der Waals surface area contributed by atoms with E-state index < -0.39 is 5.54 Å². The van der Waals surface area contributed by atoms with Gasteiger partial charge in [0.25, 0.3) is 5.91 Å². The Kier molecular flexibility index (Phi) is 5.29. The van der Waals surface area contributed by atoms with E-state index in [1.165, 1.54) is 4.68 Å². The maximum atomic E-state index is 13.1. The van der Waals surface area contributed by atoms with Crippen LogP contribution in [0.4, 0.5) is 5.69 Å². The lowest BCUT2D eigenvalue weighted by Gasteiger charge is -2.36. The number of hydrogen-bond donors (Lipinski definition) is 2. The van der Waals surface area contributed by atoms with E-state index in [0.717, 1.165) is 13.1 Å². The number of nitrogens with one attached hydrogen (secondary N) is 2. The molecule has 4 rings (SSSR count). The minimum atomic E-state index is -0.694. The first-order valence-corrected chi connectivity index (χ1v) is 8.12. The van der Waals surface area contributed by atoms with Crippen LogP contribution in [0, 0.1) is 0 Å². The number of hydrogen-bond acceptors (Lipinski definition) is 6. The monoisotopic (exact) mass is 374 g/mol. The minimum Gasteiger partial charge on any atom is -0.321 e. The summed E-state index contributed by atoms with van der Waals surface area (Å²) in [5.74, 6) is 0.359. The van der Waals surface area contributed by atoms with Crippen molar-refractivity contribution < 1.29 is 4.79 Å². The number of anilines is 1. The Labute approximate surface area is 156 Å². The molecule has 1 amide bonds. The molecule has 0 unspecified atom stereocenters. The van der Waals surface area contributed by atoms with Gasteiger partial charge < -0.3 is 10.6 Å². The van der Waals surface area contributed by atoms with E-state index in [1.54, 1.807) is 41.7 Å². The summed E-state index contributed by atoms with van der Waals surface area (Å²) < 4.78 is 3.28. The van der Waals surface area contributed by atoms with Crippen LogP contribution in [0.25, 0.3) is 5.95 Å². The van der Waals surface area contributed by atoms with Gasteiger partial charge in [-0.3, -0.25) is 9.48 Å².